The van der Waals surface area contributed by atoms with E-state index in [2.05, 4.69) is 15.8 Å². The van der Waals surface area contributed by atoms with E-state index in [-0.39, 0.29) is 11.8 Å². The molecule has 2 amide bonds. The molecular formula is C18H16N4O2. The highest BCUT2D eigenvalue weighted by Gasteiger charge is 2.05. The third-order valence-electron chi connectivity index (χ3n) is 3.17. The van der Waals surface area contributed by atoms with E-state index in [9.17, 15) is 9.59 Å². The normalized spacial score (nSPS) is 10.2. The third-order valence-corrected chi connectivity index (χ3v) is 3.17. The van der Waals surface area contributed by atoms with Gasteiger partial charge in [-0.25, -0.2) is 5.43 Å². The fraction of sp³-hybridized carbons (Fsp3) is 0.111. The quantitative estimate of drug-likeness (QED) is 0.655. The Labute approximate surface area is 139 Å². The minimum absolute atomic E-state index is 0.0841. The van der Waals surface area contributed by atoms with Gasteiger partial charge >= 0.3 is 0 Å². The number of carbonyl (C=O) groups excluding carboxylic acids is 2. The van der Waals surface area contributed by atoms with E-state index in [1.165, 1.54) is 6.21 Å². The van der Waals surface area contributed by atoms with Gasteiger partial charge in [0.25, 0.3) is 5.91 Å². The van der Waals surface area contributed by atoms with Gasteiger partial charge in [-0.2, -0.15) is 10.4 Å². The summed E-state index contributed by atoms with van der Waals surface area (Å²) in [6.45, 7) is 1.77. The summed E-state index contributed by atoms with van der Waals surface area (Å²) in [7, 11) is 0. The van der Waals surface area contributed by atoms with Crippen molar-refractivity contribution in [2.75, 3.05) is 5.32 Å². The van der Waals surface area contributed by atoms with Crippen LogP contribution in [0.5, 0.6) is 0 Å². The largest absolute Gasteiger partial charge is 0.326 e. The van der Waals surface area contributed by atoms with Crippen LogP contribution in [0.15, 0.2) is 53.6 Å². The molecule has 0 spiro atoms. The molecule has 0 heterocycles. The van der Waals surface area contributed by atoms with Crippen LogP contribution in [0, 0.1) is 11.3 Å². The Balaban J connectivity index is 1.93. The lowest BCUT2D eigenvalue weighted by Gasteiger charge is -2.04. The number of anilines is 1. The van der Waals surface area contributed by atoms with Gasteiger partial charge in [-0.15, -0.1) is 0 Å². The molecule has 120 valence electrons. The smallest absolute Gasteiger partial charge is 0.271 e. The van der Waals surface area contributed by atoms with Gasteiger partial charge in [0.2, 0.25) is 5.91 Å². The van der Waals surface area contributed by atoms with Crippen molar-refractivity contribution in [3.05, 3.63) is 65.2 Å². The lowest BCUT2D eigenvalue weighted by molar-refractivity contribution is -0.115. The second-order valence-electron chi connectivity index (χ2n) is 4.91. The molecule has 2 rings (SSSR count). The molecule has 0 aliphatic rings. The van der Waals surface area contributed by atoms with Crippen LogP contribution in [-0.2, 0) is 4.79 Å². The lowest BCUT2D eigenvalue weighted by Crippen LogP contribution is -2.17. The molecule has 6 heteroatoms. The van der Waals surface area contributed by atoms with Crippen molar-refractivity contribution in [2.24, 2.45) is 5.10 Å². The maximum atomic E-state index is 12.0. The predicted octanol–water partition coefficient (Wildman–Crippen LogP) is 2.67. The molecule has 0 bridgehead atoms. The summed E-state index contributed by atoms with van der Waals surface area (Å²) in [6.07, 6.45) is 1.89. The summed E-state index contributed by atoms with van der Waals surface area (Å²) in [6, 6.07) is 15.4. The first-order valence-corrected chi connectivity index (χ1v) is 7.36. The molecule has 0 radical (unpaired) electrons. The zero-order valence-electron chi connectivity index (χ0n) is 13.1. The zero-order chi connectivity index (χ0) is 17.4. The number of carbonyl (C=O) groups is 2. The van der Waals surface area contributed by atoms with Crippen LogP contribution in [0.2, 0.25) is 0 Å². The van der Waals surface area contributed by atoms with Crippen LogP contribution in [0.25, 0.3) is 0 Å². The van der Waals surface area contributed by atoms with Gasteiger partial charge in [0.1, 0.15) is 0 Å². The van der Waals surface area contributed by atoms with E-state index in [1.807, 2.05) is 6.07 Å². The number of amides is 2. The highest BCUT2D eigenvalue weighted by Crippen LogP contribution is 2.10. The van der Waals surface area contributed by atoms with Gasteiger partial charge in [0.05, 0.1) is 17.8 Å². The molecule has 0 aromatic heterocycles. The molecule has 0 fully saturated rings. The van der Waals surface area contributed by atoms with E-state index in [0.717, 1.165) is 5.56 Å². The molecule has 2 aromatic rings. The van der Waals surface area contributed by atoms with Crippen molar-refractivity contribution in [1.29, 1.82) is 5.26 Å². The van der Waals surface area contributed by atoms with Gasteiger partial charge < -0.3 is 5.32 Å². The van der Waals surface area contributed by atoms with Crippen LogP contribution in [0.3, 0.4) is 0 Å². The van der Waals surface area contributed by atoms with E-state index in [1.54, 1.807) is 55.5 Å². The van der Waals surface area contributed by atoms with Crippen molar-refractivity contribution in [2.45, 2.75) is 13.3 Å². The molecule has 0 aliphatic carbocycles. The molecule has 0 unspecified atom stereocenters. The zero-order valence-corrected chi connectivity index (χ0v) is 13.1. The lowest BCUT2D eigenvalue weighted by atomic mass is 10.2. The van der Waals surface area contributed by atoms with E-state index in [0.29, 0.717) is 23.2 Å². The van der Waals surface area contributed by atoms with E-state index in [4.69, 9.17) is 5.26 Å². The molecule has 0 saturated carbocycles. The molecular weight excluding hydrogens is 304 g/mol. The number of hydrogen-bond acceptors (Lipinski definition) is 4. The Hall–Kier alpha value is -3.46. The van der Waals surface area contributed by atoms with Crippen molar-refractivity contribution in [3.63, 3.8) is 0 Å². The van der Waals surface area contributed by atoms with Crippen molar-refractivity contribution in [1.82, 2.24) is 5.43 Å². The minimum atomic E-state index is -0.353. The van der Waals surface area contributed by atoms with Gasteiger partial charge in [0.15, 0.2) is 0 Å². The Morgan fingerprint density at radius 3 is 2.38 bits per heavy atom. The second kappa shape index (κ2) is 8.25. The van der Waals surface area contributed by atoms with Gasteiger partial charge in [0, 0.05) is 17.7 Å². The average Bonchev–Trinajstić information content (AvgIpc) is 2.62. The third kappa shape index (κ3) is 4.78. The molecule has 6 nitrogen and oxygen atoms in total. The summed E-state index contributed by atoms with van der Waals surface area (Å²) in [5, 5.41) is 15.3. The maximum Gasteiger partial charge on any atom is 0.271 e. The molecule has 0 saturated heterocycles. The van der Waals surface area contributed by atoms with E-state index < -0.39 is 0 Å². The molecule has 0 aliphatic heterocycles. The Morgan fingerprint density at radius 2 is 1.79 bits per heavy atom. The molecule has 2 aromatic carbocycles. The fourth-order valence-corrected chi connectivity index (χ4v) is 1.83. The van der Waals surface area contributed by atoms with E-state index >= 15 is 0 Å². The van der Waals surface area contributed by atoms with Crippen LogP contribution < -0.4 is 10.7 Å². The SMILES string of the molecule is CCC(=O)Nc1ccc(C(=O)N/N=C\c2ccc(C#N)cc2)cc1. The van der Waals surface area contributed by atoms with Crippen LogP contribution in [0.4, 0.5) is 5.69 Å². The average molecular weight is 320 g/mol. The number of nitrogens with zero attached hydrogens (tertiary/aromatic N) is 2. The summed E-state index contributed by atoms with van der Waals surface area (Å²) >= 11 is 0. The topological polar surface area (TPSA) is 94.3 Å². The van der Waals surface area contributed by atoms with Gasteiger partial charge in [-0.05, 0) is 42.0 Å². The van der Waals surface area contributed by atoms with Crippen molar-refractivity contribution < 1.29 is 9.59 Å². The number of benzene rings is 2. The number of nitrogens with one attached hydrogen (secondary N) is 2. The second-order valence-corrected chi connectivity index (χ2v) is 4.91. The molecule has 24 heavy (non-hydrogen) atoms. The Bertz CT molecular complexity index is 787. The van der Waals surface area contributed by atoms with Crippen molar-refractivity contribution in [3.8, 4) is 6.07 Å². The minimum Gasteiger partial charge on any atom is -0.326 e. The maximum absolute atomic E-state index is 12.0. The van der Waals surface area contributed by atoms with Crippen LogP contribution in [0.1, 0.15) is 34.8 Å². The summed E-state index contributed by atoms with van der Waals surface area (Å²) < 4.78 is 0. The summed E-state index contributed by atoms with van der Waals surface area (Å²) in [5.41, 5.74) is 4.83. The first kappa shape index (κ1) is 16.9. The highest BCUT2D eigenvalue weighted by atomic mass is 16.2. The summed E-state index contributed by atoms with van der Waals surface area (Å²) in [5.74, 6) is -0.438. The van der Waals surface area contributed by atoms with Gasteiger partial charge in [-0.1, -0.05) is 19.1 Å². The van der Waals surface area contributed by atoms with Crippen LogP contribution in [-0.4, -0.2) is 18.0 Å². The first-order valence-electron chi connectivity index (χ1n) is 7.36. The Kier molecular flexibility index (Phi) is 5.81. The number of hydrazone groups is 1. The van der Waals surface area contributed by atoms with Gasteiger partial charge in [-0.3, -0.25) is 9.59 Å². The number of hydrogen-bond donors (Lipinski definition) is 2. The Morgan fingerprint density at radius 1 is 1.12 bits per heavy atom. The number of nitriles is 1. The monoisotopic (exact) mass is 320 g/mol. The predicted molar refractivity (Wildman–Crippen MR) is 91.6 cm³/mol. The van der Waals surface area contributed by atoms with Crippen molar-refractivity contribution >= 4 is 23.7 Å². The molecule has 2 N–H and O–H groups in total. The fourth-order valence-electron chi connectivity index (χ4n) is 1.83. The van der Waals surface area contributed by atoms with Crippen LogP contribution >= 0.6 is 0 Å². The number of rotatable bonds is 5. The molecule has 0 atom stereocenters. The summed E-state index contributed by atoms with van der Waals surface area (Å²) in [4.78, 5) is 23.3. The highest BCUT2D eigenvalue weighted by molar-refractivity contribution is 5.96. The first-order chi connectivity index (χ1) is 11.6. The standard InChI is InChI=1S/C18H16N4O2/c1-2-17(23)21-16-9-7-15(8-10-16)18(24)22-20-12-14-5-3-13(11-19)4-6-14/h3-10,12H,2H2,1H3,(H,21,23)(H,22,24)/b20-12-.